The Balaban J connectivity index is 1.63. The number of aryl methyl sites for hydroxylation is 1. The van der Waals surface area contributed by atoms with Gasteiger partial charge in [-0.3, -0.25) is 9.59 Å². The number of rotatable bonds is 8. The predicted octanol–water partition coefficient (Wildman–Crippen LogP) is 5.01. The Kier molecular flexibility index (Phi) is 6.92. The summed E-state index contributed by atoms with van der Waals surface area (Å²) in [6.45, 7) is 2.30. The molecule has 0 radical (unpaired) electrons. The molecule has 7 heteroatoms. The molecule has 0 saturated heterocycles. The van der Waals surface area contributed by atoms with Crippen LogP contribution >= 0.6 is 0 Å². The Morgan fingerprint density at radius 3 is 2.05 bits per heavy atom. The predicted molar refractivity (Wildman–Crippen MR) is 144 cm³/mol. The topological polar surface area (TPSA) is 76.0 Å². The molecule has 1 aromatic heterocycles. The van der Waals surface area contributed by atoms with Crippen molar-refractivity contribution < 1.29 is 23.7 Å². The summed E-state index contributed by atoms with van der Waals surface area (Å²) in [5.74, 6) is 0.664. The monoisotopic (exact) mass is 511 g/mol. The Morgan fingerprint density at radius 1 is 0.868 bits per heavy atom. The quantitative estimate of drug-likeness (QED) is 0.310. The number of methoxy groups -OCH3 is 3. The summed E-state index contributed by atoms with van der Waals surface area (Å²) >= 11 is 0. The van der Waals surface area contributed by atoms with Crippen molar-refractivity contribution in [3.05, 3.63) is 117 Å². The molecule has 1 aliphatic rings. The van der Waals surface area contributed by atoms with E-state index in [2.05, 4.69) is 0 Å². The van der Waals surface area contributed by atoms with Crippen LogP contribution in [0.25, 0.3) is 0 Å². The summed E-state index contributed by atoms with van der Waals surface area (Å²) in [4.78, 5) is 28.0. The number of carbonyl (C=O) groups excluding carboxylic acids is 1. The number of benzene rings is 3. The van der Waals surface area contributed by atoms with Crippen molar-refractivity contribution in [2.45, 2.75) is 25.5 Å². The van der Waals surface area contributed by atoms with E-state index in [9.17, 15) is 9.59 Å². The van der Waals surface area contributed by atoms with Crippen LogP contribution in [0.1, 0.15) is 38.7 Å². The number of hydrogen-bond acceptors (Lipinski definition) is 6. The highest BCUT2D eigenvalue weighted by Gasteiger charge is 2.43. The van der Waals surface area contributed by atoms with Gasteiger partial charge in [-0.25, -0.2) is 0 Å². The molecule has 0 fully saturated rings. The van der Waals surface area contributed by atoms with Crippen LogP contribution in [0.5, 0.6) is 23.0 Å². The first-order valence-corrected chi connectivity index (χ1v) is 12.3. The van der Waals surface area contributed by atoms with E-state index in [0.29, 0.717) is 40.7 Å². The first kappa shape index (κ1) is 25.1. The molecule has 2 atom stereocenters. The number of hydrogen-bond donors (Lipinski definition) is 0. The van der Waals surface area contributed by atoms with Crippen LogP contribution in [-0.2, 0) is 6.54 Å². The minimum absolute atomic E-state index is 0.169. The Labute approximate surface area is 221 Å². The van der Waals surface area contributed by atoms with Gasteiger partial charge in [-0.2, -0.15) is 0 Å². The summed E-state index contributed by atoms with van der Waals surface area (Å²) in [6.07, 6.45) is -0.949. The van der Waals surface area contributed by atoms with E-state index >= 15 is 0 Å². The van der Waals surface area contributed by atoms with Crippen LogP contribution in [0.15, 0.2) is 83.7 Å². The number of ketones is 1. The molecule has 2 heterocycles. The molecule has 0 amide bonds. The van der Waals surface area contributed by atoms with Gasteiger partial charge in [0.2, 0.25) is 11.5 Å². The van der Waals surface area contributed by atoms with Gasteiger partial charge in [0.25, 0.3) is 5.56 Å². The lowest BCUT2D eigenvalue weighted by atomic mass is 9.85. The fourth-order valence-corrected chi connectivity index (χ4v) is 5.05. The van der Waals surface area contributed by atoms with Crippen molar-refractivity contribution in [1.82, 2.24) is 4.57 Å². The van der Waals surface area contributed by atoms with Crippen molar-refractivity contribution in [3.8, 4) is 23.0 Å². The lowest BCUT2D eigenvalue weighted by Crippen LogP contribution is -2.32. The van der Waals surface area contributed by atoms with Crippen molar-refractivity contribution in [2.24, 2.45) is 0 Å². The zero-order chi connectivity index (χ0) is 26.8. The second-order valence-electron chi connectivity index (χ2n) is 9.15. The van der Waals surface area contributed by atoms with Gasteiger partial charge in [0.1, 0.15) is 5.75 Å². The van der Waals surface area contributed by atoms with Crippen molar-refractivity contribution in [2.75, 3.05) is 21.3 Å². The largest absolute Gasteiger partial charge is 0.493 e. The molecule has 0 spiro atoms. The smallest absolute Gasteiger partial charge is 0.258 e. The van der Waals surface area contributed by atoms with E-state index in [0.717, 1.165) is 16.8 Å². The maximum absolute atomic E-state index is 14.0. The molecule has 4 aromatic rings. The third-order valence-corrected chi connectivity index (χ3v) is 6.92. The first-order valence-electron chi connectivity index (χ1n) is 12.3. The van der Waals surface area contributed by atoms with E-state index in [1.807, 2.05) is 73.7 Å². The Hall–Kier alpha value is -4.52. The third kappa shape index (κ3) is 4.41. The average molecular weight is 512 g/mol. The van der Waals surface area contributed by atoms with Gasteiger partial charge >= 0.3 is 0 Å². The van der Waals surface area contributed by atoms with Crippen LogP contribution in [0.2, 0.25) is 0 Å². The van der Waals surface area contributed by atoms with Crippen molar-refractivity contribution in [1.29, 1.82) is 0 Å². The zero-order valence-corrected chi connectivity index (χ0v) is 21.8. The molecule has 194 valence electrons. The molecule has 5 rings (SSSR count). The van der Waals surface area contributed by atoms with Gasteiger partial charge in [-0.15, -0.1) is 0 Å². The minimum Gasteiger partial charge on any atom is -0.493 e. The molecular weight excluding hydrogens is 482 g/mol. The van der Waals surface area contributed by atoms with E-state index < -0.39 is 12.0 Å². The Morgan fingerprint density at radius 2 is 1.47 bits per heavy atom. The molecule has 0 bridgehead atoms. The molecule has 38 heavy (non-hydrogen) atoms. The fraction of sp³-hybridized carbons (Fsp3) is 0.226. The van der Waals surface area contributed by atoms with E-state index in [4.69, 9.17) is 18.9 Å². The second-order valence-corrected chi connectivity index (χ2v) is 9.15. The lowest BCUT2D eigenvalue weighted by molar-refractivity contribution is 0.0805. The summed E-state index contributed by atoms with van der Waals surface area (Å²) < 4.78 is 24.4. The van der Waals surface area contributed by atoms with Crippen LogP contribution < -0.4 is 24.5 Å². The lowest BCUT2D eigenvalue weighted by Gasteiger charge is -2.20. The number of carbonyl (C=O) groups is 1. The molecular formula is C31H29NO6. The molecule has 0 aliphatic carbocycles. The zero-order valence-electron chi connectivity index (χ0n) is 21.8. The van der Waals surface area contributed by atoms with Gasteiger partial charge in [-0.1, -0.05) is 60.7 Å². The Bertz CT molecular complexity index is 1500. The van der Waals surface area contributed by atoms with Gasteiger partial charge < -0.3 is 23.5 Å². The highest BCUT2D eigenvalue weighted by Crippen LogP contribution is 2.44. The number of ether oxygens (including phenoxy) is 4. The molecule has 3 aromatic carbocycles. The maximum Gasteiger partial charge on any atom is 0.258 e. The van der Waals surface area contributed by atoms with Crippen LogP contribution in [0.4, 0.5) is 0 Å². The van der Waals surface area contributed by atoms with Crippen molar-refractivity contribution >= 4 is 5.78 Å². The standard InChI is InChI=1S/C31H29NO6/c1-19-15-23-27(31(34)32(19)18-20-11-7-5-8-12-20)26(21-13-9-6-10-14-21)30(38-23)28(33)22-16-24(35-2)29(37-4)25(17-22)36-3/h5-17,26,30H,18H2,1-4H3/t26-,30-/m1/s1. The van der Waals surface area contributed by atoms with Gasteiger partial charge in [0.15, 0.2) is 17.6 Å². The average Bonchev–Trinajstić information content (AvgIpc) is 3.34. The third-order valence-electron chi connectivity index (χ3n) is 6.92. The molecule has 1 aliphatic heterocycles. The van der Waals surface area contributed by atoms with E-state index in [1.54, 1.807) is 16.7 Å². The van der Waals surface area contributed by atoms with E-state index in [1.165, 1.54) is 21.3 Å². The van der Waals surface area contributed by atoms with Crippen molar-refractivity contribution in [3.63, 3.8) is 0 Å². The summed E-state index contributed by atoms with van der Waals surface area (Å²) in [5.41, 5.74) is 3.23. The summed E-state index contributed by atoms with van der Waals surface area (Å²) in [7, 11) is 4.50. The number of Topliss-reactive ketones (excluding diaryl/α,β-unsaturated/α-hetero) is 1. The second kappa shape index (κ2) is 10.5. The first-order chi connectivity index (χ1) is 18.5. The number of aromatic nitrogens is 1. The van der Waals surface area contributed by atoms with Crippen LogP contribution in [-0.4, -0.2) is 37.8 Å². The number of pyridine rings is 1. The summed E-state index contributed by atoms with van der Waals surface area (Å²) in [5, 5.41) is 0. The minimum atomic E-state index is -0.949. The SMILES string of the molecule is COc1cc(C(=O)[C@@H]2Oc3cc(C)n(Cc4ccccc4)c(=O)c3[C@H]2c2ccccc2)cc(OC)c1OC. The molecule has 0 saturated carbocycles. The maximum atomic E-state index is 14.0. The summed E-state index contributed by atoms with van der Waals surface area (Å²) in [6, 6.07) is 24.4. The highest BCUT2D eigenvalue weighted by atomic mass is 16.5. The molecule has 0 N–H and O–H groups in total. The fourth-order valence-electron chi connectivity index (χ4n) is 5.05. The van der Waals surface area contributed by atoms with Gasteiger partial charge in [-0.05, 0) is 30.2 Å². The molecule has 0 unspecified atom stereocenters. The van der Waals surface area contributed by atoms with Crippen LogP contribution in [0.3, 0.4) is 0 Å². The number of fused-ring (bicyclic) bond motifs is 1. The molecule has 7 nitrogen and oxygen atoms in total. The number of nitrogens with zero attached hydrogens (tertiary/aromatic N) is 1. The van der Waals surface area contributed by atoms with Gasteiger partial charge in [0.05, 0.1) is 39.4 Å². The highest BCUT2D eigenvalue weighted by molar-refractivity contribution is 6.02. The van der Waals surface area contributed by atoms with E-state index in [-0.39, 0.29) is 11.3 Å². The van der Waals surface area contributed by atoms with Crippen LogP contribution in [0, 0.1) is 6.92 Å². The normalized spacial score (nSPS) is 15.9. The van der Waals surface area contributed by atoms with Gasteiger partial charge in [0, 0.05) is 17.3 Å².